The Hall–Kier alpha value is -5.39. The van der Waals surface area contributed by atoms with Gasteiger partial charge in [-0.15, -0.1) is 5.10 Å². The van der Waals surface area contributed by atoms with Gasteiger partial charge in [-0.05, 0) is 54.1 Å². The van der Waals surface area contributed by atoms with E-state index in [0.29, 0.717) is 49.6 Å². The molecule has 1 saturated heterocycles. The van der Waals surface area contributed by atoms with Crippen LogP contribution >= 0.6 is 0 Å². The minimum Gasteiger partial charge on any atom is -0.508 e. The summed E-state index contributed by atoms with van der Waals surface area (Å²) in [6.45, 7) is 2.83. The summed E-state index contributed by atoms with van der Waals surface area (Å²) in [5, 5.41) is 26.5. The van der Waals surface area contributed by atoms with Gasteiger partial charge >= 0.3 is 6.16 Å². The number of hydrogen-bond donors (Lipinski definition) is 2. The van der Waals surface area contributed by atoms with Crippen LogP contribution in [0.1, 0.15) is 5.56 Å². The summed E-state index contributed by atoms with van der Waals surface area (Å²) in [5.41, 5.74) is 2.57. The van der Waals surface area contributed by atoms with Crippen LogP contribution in [0.5, 0.6) is 11.5 Å². The maximum absolute atomic E-state index is 15.5. The zero-order valence-corrected chi connectivity index (χ0v) is 21.7. The Morgan fingerprint density at radius 1 is 0.951 bits per heavy atom. The molecule has 5 aromatic rings. The number of phenolic OH excluding ortho intramolecular Hbond substituents is 1. The molecule has 12 heteroatoms. The first-order chi connectivity index (χ1) is 19.9. The zero-order chi connectivity index (χ0) is 28.5. The third-order valence-electron chi connectivity index (χ3n) is 7.10. The van der Waals surface area contributed by atoms with Crippen LogP contribution in [0.3, 0.4) is 0 Å². The smallest absolute Gasteiger partial charge is 0.508 e. The highest BCUT2D eigenvalue weighted by Crippen LogP contribution is 2.30. The number of nitrogens with zero attached hydrogens (tertiary/aromatic N) is 6. The Morgan fingerprint density at radius 2 is 1.63 bits per heavy atom. The van der Waals surface area contributed by atoms with Gasteiger partial charge in [-0.3, -0.25) is 4.79 Å². The summed E-state index contributed by atoms with van der Waals surface area (Å²) in [6.07, 6.45) is 3.02. The van der Waals surface area contributed by atoms with Gasteiger partial charge < -0.3 is 29.3 Å². The molecule has 3 heterocycles. The van der Waals surface area contributed by atoms with Gasteiger partial charge in [0, 0.05) is 43.8 Å². The second-order valence-corrected chi connectivity index (χ2v) is 9.64. The highest BCUT2D eigenvalue weighted by atomic mass is 19.1. The highest BCUT2D eigenvalue weighted by molar-refractivity contribution is 5.86. The maximum atomic E-state index is 15.5. The highest BCUT2D eigenvalue weighted by Gasteiger charge is 2.23. The van der Waals surface area contributed by atoms with Crippen molar-refractivity contribution < 1.29 is 24.1 Å². The Kier molecular flexibility index (Phi) is 6.71. The summed E-state index contributed by atoms with van der Waals surface area (Å²) >= 11 is 0. The van der Waals surface area contributed by atoms with Gasteiger partial charge in [0.1, 0.15) is 11.6 Å². The van der Waals surface area contributed by atoms with Gasteiger partial charge in [0.05, 0.1) is 35.5 Å². The third-order valence-corrected chi connectivity index (χ3v) is 7.10. The molecule has 0 atom stereocenters. The van der Waals surface area contributed by atoms with Crippen molar-refractivity contribution in [1.29, 1.82) is 0 Å². The molecule has 208 valence electrons. The molecule has 2 aromatic heterocycles. The van der Waals surface area contributed by atoms with E-state index in [9.17, 15) is 19.8 Å². The van der Waals surface area contributed by atoms with Gasteiger partial charge in [0.2, 0.25) is 5.43 Å². The molecule has 1 aliphatic rings. The molecule has 0 unspecified atom stereocenters. The first-order valence-corrected chi connectivity index (χ1v) is 12.9. The molecule has 1 aliphatic heterocycles. The molecule has 2 N–H and O–H groups in total. The van der Waals surface area contributed by atoms with E-state index in [2.05, 4.69) is 15.2 Å². The van der Waals surface area contributed by atoms with E-state index in [1.54, 1.807) is 39.8 Å². The number of fused-ring (bicyclic) bond motifs is 1. The average Bonchev–Trinajstić information content (AvgIpc) is 3.48. The lowest BCUT2D eigenvalue weighted by atomic mass is 10.1. The summed E-state index contributed by atoms with van der Waals surface area (Å²) < 4.78 is 23.6. The van der Waals surface area contributed by atoms with Crippen molar-refractivity contribution in [3.8, 4) is 17.2 Å². The van der Waals surface area contributed by atoms with Crippen LogP contribution in [0.4, 0.5) is 20.6 Å². The number of aromatic hydroxyl groups is 1. The Balaban J connectivity index is 1.36. The van der Waals surface area contributed by atoms with Crippen LogP contribution in [0.25, 0.3) is 16.6 Å². The number of carbonyl (C=O) groups is 1. The van der Waals surface area contributed by atoms with Gasteiger partial charge in [0.25, 0.3) is 0 Å². The number of ether oxygens (including phenoxy) is 1. The van der Waals surface area contributed by atoms with E-state index in [0.717, 1.165) is 17.3 Å². The fourth-order valence-corrected chi connectivity index (χ4v) is 5.07. The molecule has 0 radical (unpaired) electrons. The number of anilines is 2. The van der Waals surface area contributed by atoms with E-state index in [-0.39, 0.29) is 11.1 Å². The van der Waals surface area contributed by atoms with Crippen LogP contribution in [0.2, 0.25) is 0 Å². The lowest BCUT2D eigenvalue weighted by Gasteiger charge is -2.37. The number of piperazine rings is 1. The van der Waals surface area contributed by atoms with E-state index in [1.807, 2.05) is 41.3 Å². The van der Waals surface area contributed by atoms with Crippen LogP contribution in [0, 0.1) is 5.82 Å². The van der Waals surface area contributed by atoms with Gasteiger partial charge in [-0.1, -0.05) is 17.3 Å². The van der Waals surface area contributed by atoms with Crippen molar-refractivity contribution in [3.05, 3.63) is 101 Å². The van der Waals surface area contributed by atoms with Crippen molar-refractivity contribution >= 4 is 28.4 Å². The molecule has 1 fully saturated rings. The molecule has 41 heavy (non-hydrogen) atoms. The lowest BCUT2D eigenvalue weighted by Crippen LogP contribution is -2.46. The zero-order valence-electron chi connectivity index (χ0n) is 21.7. The fourth-order valence-electron chi connectivity index (χ4n) is 5.07. The quantitative estimate of drug-likeness (QED) is 0.300. The molecule has 11 nitrogen and oxygen atoms in total. The van der Waals surface area contributed by atoms with Gasteiger partial charge in [0.15, 0.2) is 5.75 Å². The Morgan fingerprint density at radius 3 is 2.29 bits per heavy atom. The maximum Gasteiger partial charge on any atom is 0.511 e. The predicted octanol–water partition coefficient (Wildman–Crippen LogP) is 3.86. The molecule has 0 bridgehead atoms. The Bertz CT molecular complexity index is 1760. The van der Waals surface area contributed by atoms with Crippen LogP contribution in [-0.4, -0.2) is 62.1 Å². The number of carboxylic acid groups (broad SMARTS) is 1. The number of benzene rings is 3. The molecule has 0 saturated carbocycles. The van der Waals surface area contributed by atoms with E-state index < -0.39 is 23.2 Å². The van der Waals surface area contributed by atoms with Crippen molar-refractivity contribution in [3.63, 3.8) is 0 Å². The normalized spacial score (nSPS) is 13.5. The van der Waals surface area contributed by atoms with E-state index >= 15 is 4.39 Å². The minimum absolute atomic E-state index is 0.000536. The lowest BCUT2D eigenvalue weighted by molar-refractivity contribution is 0.144. The molecule has 6 rings (SSSR count). The van der Waals surface area contributed by atoms with E-state index in [4.69, 9.17) is 4.74 Å². The number of hydrogen-bond acceptors (Lipinski definition) is 8. The van der Waals surface area contributed by atoms with Crippen molar-refractivity contribution in [1.82, 2.24) is 19.6 Å². The molecule has 3 aromatic carbocycles. The number of phenols is 1. The van der Waals surface area contributed by atoms with Gasteiger partial charge in [-0.25, -0.2) is 13.9 Å². The molecule has 0 aliphatic carbocycles. The van der Waals surface area contributed by atoms with Crippen LogP contribution in [-0.2, 0) is 6.54 Å². The minimum atomic E-state index is -1.64. The molecular weight excluding hydrogens is 531 g/mol. The first kappa shape index (κ1) is 25.9. The Labute approximate surface area is 232 Å². The second kappa shape index (κ2) is 10.6. The molecular formula is C29H25FN6O5. The summed E-state index contributed by atoms with van der Waals surface area (Å²) in [7, 11) is 0. The fraction of sp³-hybridized carbons (Fsp3) is 0.172. The number of pyridine rings is 1. The third kappa shape index (κ3) is 5.26. The molecule has 0 amide bonds. The predicted molar refractivity (Wildman–Crippen MR) is 150 cm³/mol. The largest absolute Gasteiger partial charge is 0.511 e. The number of aromatic nitrogens is 4. The average molecular weight is 557 g/mol. The topological polar surface area (TPSA) is 126 Å². The van der Waals surface area contributed by atoms with Crippen molar-refractivity contribution in [2.45, 2.75) is 6.54 Å². The molecule has 0 spiro atoms. The van der Waals surface area contributed by atoms with Crippen LogP contribution < -0.4 is 20.0 Å². The first-order valence-electron chi connectivity index (χ1n) is 12.9. The monoisotopic (exact) mass is 556 g/mol. The summed E-state index contributed by atoms with van der Waals surface area (Å²) in [6, 6.07) is 17.1. The van der Waals surface area contributed by atoms with Crippen molar-refractivity contribution in [2.75, 3.05) is 36.0 Å². The number of rotatable bonds is 6. The summed E-state index contributed by atoms with van der Waals surface area (Å²) in [5.74, 6) is -0.820. The number of halogens is 1. The summed E-state index contributed by atoms with van der Waals surface area (Å²) in [4.78, 5) is 28.5. The van der Waals surface area contributed by atoms with E-state index in [1.165, 1.54) is 6.20 Å². The van der Waals surface area contributed by atoms with Gasteiger partial charge in [-0.2, -0.15) is 0 Å². The standard InChI is InChI=1S/C29H25FN6O5/c30-24-15-23-25(16-26(24)34-13-11-33(12-14-34)20-5-7-22(37)8-6-20)36(18-27(28(23)38)41-29(39)40)21-3-1-19(2-4-21)17-35-10-9-31-32-35/h1-10,15-16,18,37H,11-14,17H2,(H,39,40). The SMILES string of the molecule is O=C(O)Oc1cn(-c2ccc(Cn3ccnn3)cc2)c2cc(N3CCN(c4ccc(O)cc4)CC3)c(F)cc2c1=O. The van der Waals surface area contributed by atoms with Crippen molar-refractivity contribution in [2.24, 2.45) is 0 Å². The second-order valence-electron chi connectivity index (χ2n) is 9.64. The van der Waals surface area contributed by atoms with Crippen LogP contribution in [0.15, 0.2) is 84.0 Å².